The average molecular weight is 255 g/mol. The first-order valence-corrected chi connectivity index (χ1v) is 6.51. The van der Waals surface area contributed by atoms with Crippen LogP contribution in [0.4, 0.5) is 0 Å². The van der Waals surface area contributed by atoms with Gasteiger partial charge in [0.25, 0.3) is 10.7 Å². The summed E-state index contributed by atoms with van der Waals surface area (Å²) in [6, 6.07) is 0. The number of thiazole rings is 1. The van der Waals surface area contributed by atoms with E-state index >= 15 is 0 Å². The molecule has 0 aliphatic rings. The molecule has 0 amide bonds. The number of H-pyrrole nitrogens is 1. The van der Waals surface area contributed by atoms with E-state index in [1.54, 1.807) is 11.3 Å². The molecule has 6 heteroatoms. The van der Waals surface area contributed by atoms with Crippen LogP contribution < -0.4 is 0 Å². The Labute approximate surface area is 103 Å². The van der Waals surface area contributed by atoms with Crippen molar-refractivity contribution in [2.24, 2.45) is 0 Å². The van der Waals surface area contributed by atoms with Crippen molar-refractivity contribution in [3.8, 4) is 10.8 Å². The van der Waals surface area contributed by atoms with Gasteiger partial charge in [-0.2, -0.15) is 0 Å². The SMILES string of the molecule is CCCc1nc(CC)sc1-c1n[nH]c(=S)o1. The van der Waals surface area contributed by atoms with E-state index in [-0.39, 0.29) is 0 Å². The van der Waals surface area contributed by atoms with Crippen LogP contribution in [0.3, 0.4) is 0 Å². The first-order valence-electron chi connectivity index (χ1n) is 5.29. The van der Waals surface area contributed by atoms with E-state index < -0.39 is 0 Å². The van der Waals surface area contributed by atoms with Gasteiger partial charge in [0.15, 0.2) is 0 Å². The molecule has 0 saturated heterocycles. The fourth-order valence-electron chi connectivity index (χ4n) is 1.45. The van der Waals surface area contributed by atoms with Gasteiger partial charge in [-0.05, 0) is 25.1 Å². The average Bonchev–Trinajstić information content (AvgIpc) is 2.85. The standard InChI is InChI=1S/C10H13N3OS2/c1-3-5-6-8(16-7(4-2)11-6)9-12-13-10(15)14-9/h3-5H2,1-2H3,(H,13,15). The molecular formula is C10H13N3OS2. The van der Waals surface area contributed by atoms with Crippen molar-refractivity contribution in [3.05, 3.63) is 15.5 Å². The van der Waals surface area contributed by atoms with Gasteiger partial charge in [0.05, 0.1) is 10.7 Å². The fraction of sp³-hybridized carbons (Fsp3) is 0.500. The normalized spacial score (nSPS) is 10.9. The summed E-state index contributed by atoms with van der Waals surface area (Å²) in [5.41, 5.74) is 1.06. The summed E-state index contributed by atoms with van der Waals surface area (Å²) in [5.74, 6) is 0.561. The van der Waals surface area contributed by atoms with E-state index in [1.165, 1.54) is 0 Å². The van der Waals surface area contributed by atoms with Crippen molar-refractivity contribution < 1.29 is 4.42 Å². The highest BCUT2D eigenvalue weighted by atomic mass is 32.1. The molecule has 0 aliphatic carbocycles. The number of aromatic amines is 1. The molecule has 1 N–H and O–H groups in total. The zero-order valence-corrected chi connectivity index (χ0v) is 10.9. The Bertz CT molecular complexity index is 526. The topological polar surface area (TPSA) is 54.7 Å². The Morgan fingerprint density at radius 2 is 2.25 bits per heavy atom. The predicted octanol–water partition coefficient (Wildman–Crippen LogP) is 3.37. The van der Waals surface area contributed by atoms with Gasteiger partial charge in [-0.25, -0.2) is 10.1 Å². The predicted molar refractivity (Wildman–Crippen MR) is 66.2 cm³/mol. The van der Waals surface area contributed by atoms with Gasteiger partial charge in [0.2, 0.25) is 0 Å². The van der Waals surface area contributed by atoms with Crippen molar-refractivity contribution in [2.45, 2.75) is 33.1 Å². The van der Waals surface area contributed by atoms with E-state index in [4.69, 9.17) is 16.6 Å². The Balaban J connectivity index is 2.45. The maximum absolute atomic E-state index is 5.33. The lowest BCUT2D eigenvalue weighted by Crippen LogP contribution is -1.88. The zero-order valence-electron chi connectivity index (χ0n) is 9.24. The molecule has 4 nitrogen and oxygen atoms in total. The Morgan fingerprint density at radius 3 is 2.81 bits per heavy atom. The van der Waals surface area contributed by atoms with Crippen molar-refractivity contribution in [3.63, 3.8) is 0 Å². The van der Waals surface area contributed by atoms with Crippen molar-refractivity contribution >= 4 is 23.6 Å². The number of rotatable bonds is 4. The van der Waals surface area contributed by atoms with Gasteiger partial charge in [-0.3, -0.25) is 0 Å². The molecule has 0 aromatic carbocycles. The second-order valence-corrected chi connectivity index (χ2v) is 4.86. The molecule has 16 heavy (non-hydrogen) atoms. The zero-order chi connectivity index (χ0) is 11.5. The van der Waals surface area contributed by atoms with Gasteiger partial charge in [-0.1, -0.05) is 20.3 Å². The molecule has 2 aromatic rings. The third-order valence-electron chi connectivity index (χ3n) is 2.16. The molecule has 0 unspecified atom stereocenters. The van der Waals surface area contributed by atoms with Gasteiger partial charge >= 0.3 is 0 Å². The Kier molecular flexibility index (Phi) is 3.50. The summed E-state index contributed by atoms with van der Waals surface area (Å²) < 4.78 is 5.33. The molecule has 2 heterocycles. The number of aryl methyl sites for hydroxylation is 2. The van der Waals surface area contributed by atoms with Gasteiger partial charge in [-0.15, -0.1) is 16.4 Å². The van der Waals surface area contributed by atoms with Crippen molar-refractivity contribution in [2.75, 3.05) is 0 Å². The van der Waals surface area contributed by atoms with E-state index in [1.807, 2.05) is 0 Å². The first-order chi connectivity index (χ1) is 7.74. The summed E-state index contributed by atoms with van der Waals surface area (Å²) in [4.78, 5) is 5.89. The van der Waals surface area contributed by atoms with Gasteiger partial charge < -0.3 is 4.42 Å². The van der Waals surface area contributed by atoms with E-state index in [0.717, 1.165) is 34.8 Å². The third-order valence-corrected chi connectivity index (χ3v) is 3.57. The third kappa shape index (κ3) is 2.22. The maximum atomic E-state index is 5.33. The lowest BCUT2D eigenvalue weighted by atomic mass is 10.2. The minimum absolute atomic E-state index is 0.309. The molecule has 86 valence electrons. The highest BCUT2D eigenvalue weighted by molar-refractivity contribution is 7.71. The van der Waals surface area contributed by atoms with E-state index in [2.05, 4.69) is 29.0 Å². The first kappa shape index (κ1) is 11.5. The van der Waals surface area contributed by atoms with Crippen LogP contribution in [0.2, 0.25) is 0 Å². The second-order valence-electron chi connectivity index (χ2n) is 3.41. The number of nitrogens with one attached hydrogen (secondary N) is 1. The van der Waals surface area contributed by atoms with E-state index in [9.17, 15) is 0 Å². The minimum Gasteiger partial charge on any atom is -0.408 e. The second kappa shape index (κ2) is 4.88. The molecule has 0 spiro atoms. The minimum atomic E-state index is 0.309. The molecule has 2 aromatic heterocycles. The number of nitrogens with zero attached hydrogens (tertiary/aromatic N) is 2. The van der Waals surface area contributed by atoms with Crippen LogP contribution in [-0.2, 0) is 12.8 Å². The van der Waals surface area contributed by atoms with Crippen LogP contribution in [0, 0.1) is 4.84 Å². The fourth-order valence-corrected chi connectivity index (χ4v) is 2.55. The quantitative estimate of drug-likeness (QED) is 0.851. The number of hydrogen-bond acceptors (Lipinski definition) is 5. The van der Waals surface area contributed by atoms with Crippen molar-refractivity contribution in [1.29, 1.82) is 0 Å². The van der Waals surface area contributed by atoms with Gasteiger partial charge in [0.1, 0.15) is 4.88 Å². The summed E-state index contributed by atoms with van der Waals surface area (Å²) in [6.07, 6.45) is 2.94. The molecule has 0 aliphatic heterocycles. The molecule has 0 saturated carbocycles. The summed E-state index contributed by atoms with van der Waals surface area (Å²) in [6.45, 7) is 4.23. The van der Waals surface area contributed by atoms with Crippen LogP contribution >= 0.6 is 23.6 Å². The van der Waals surface area contributed by atoms with Gasteiger partial charge in [0, 0.05) is 0 Å². The largest absolute Gasteiger partial charge is 0.408 e. The lowest BCUT2D eigenvalue weighted by Gasteiger charge is -1.94. The molecule has 2 rings (SSSR count). The smallest absolute Gasteiger partial charge is 0.284 e. The van der Waals surface area contributed by atoms with Crippen LogP contribution in [-0.4, -0.2) is 15.2 Å². The molecular weight excluding hydrogens is 242 g/mol. The maximum Gasteiger partial charge on any atom is 0.284 e. The Hall–Kier alpha value is -1.01. The number of aromatic nitrogens is 3. The summed E-state index contributed by atoms with van der Waals surface area (Å²) in [7, 11) is 0. The van der Waals surface area contributed by atoms with Crippen LogP contribution in [0.1, 0.15) is 31.0 Å². The lowest BCUT2D eigenvalue weighted by molar-refractivity contribution is 0.552. The number of hydrogen-bond donors (Lipinski definition) is 1. The summed E-state index contributed by atoms with van der Waals surface area (Å²) >= 11 is 6.51. The molecule has 0 atom stereocenters. The Morgan fingerprint density at radius 1 is 1.44 bits per heavy atom. The summed E-state index contributed by atoms with van der Waals surface area (Å²) in [5, 5.41) is 7.81. The molecule has 0 bridgehead atoms. The van der Waals surface area contributed by atoms with Crippen molar-refractivity contribution in [1.82, 2.24) is 15.2 Å². The van der Waals surface area contributed by atoms with Crippen LogP contribution in [0.5, 0.6) is 0 Å². The van der Waals surface area contributed by atoms with Crippen LogP contribution in [0.15, 0.2) is 4.42 Å². The molecule has 0 radical (unpaired) electrons. The highest BCUT2D eigenvalue weighted by Gasteiger charge is 2.15. The van der Waals surface area contributed by atoms with E-state index in [0.29, 0.717) is 10.7 Å². The molecule has 0 fully saturated rings. The highest BCUT2D eigenvalue weighted by Crippen LogP contribution is 2.30. The monoisotopic (exact) mass is 255 g/mol. The van der Waals surface area contributed by atoms with Crippen LogP contribution in [0.25, 0.3) is 10.8 Å².